The number of alkyl halides is 1. The van der Waals surface area contributed by atoms with Gasteiger partial charge in [-0.25, -0.2) is 4.39 Å². The maximum Gasteiger partial charge on any atom is 0.312 e. The molecule has 7 heteroatoms. The summed E-state index contributed by atoms with van der Waals surface area (Å²) in [6.07, 6.45) is 2.91. The van der Waals surface area contributed by atoms with Gasteiger partial charge in [0.1, 0.15) is 12.2 Å². The van der Waals surface area contributed by atoms with E-state index in [0.717, 1.165) is 25.7 Å². The van der Waals surface area contributed by atoms with Crippen LogP contribution >= 0.6 is 0 Å². The number of hydrogen-bond donors (Lipinski definition) is 1. The van der Waals surface area contributed by atoms with Gasteiger partial charge in [-0.15, -0.1) is 0 Å². The number of nitriles is 1. The standard InChI is InChI=1S/C17H24FN3O3/c1-2-24-15(23)16-3-5-17(11-16,6-4-16)20-9-14(22)21-10-12(18)7-13(21)8-19/h12-13,20H,2-7,9-11H2,1H3. The minimum atomic E-state index is -1.12. The Morgan fingerprint density at radius 2 is 2.08 bits per heavy atom. The summed E-state index contributed by atoms with van der Waals surface area (Å²) in [5, 5.41) is 12.4. The molecule has 3 fully saturated rings. The molecular formula is C17H24FN3O3. The third-order valence-electron chi connectivity index (χ3n) is 5.88. The molecule has 132 valence electrons. The Kier molecular flexibility index (Phi) is 4.52. The highest BCUT2D eigenvalue weighted by Crippen LogP contribution is 2.57. The van der Waals surface area contributed by atoms with Crippen LogP contribution in [0.5, 0.6) is 0 Å². The molecule has 6 nitrogen and oxygen atoms in total. The highest BCUT2D eigenvalue weighted by Gasteiger charge is 2.58. The third kappa shape index (κ3) is 2.88. The zero-order valence-electron chi connectivity index (χ0n) is 14.0. The minimum Gasteiger partial charge on any atom is -0.466 e. The van der Waals surface area contributed by atoms with Crippen LogP contribution in [-0.2, 0) is 14.3 Å². The summed E-state index contributed by atoms with van der Waals surface area (Å²) in [6, 6.07) is 1.33. The molecule has 2 bridgehead atoms. The maximum absolute atomic E-state index is 13.5. The van der Waals surface area contributed by atoms with Crippen molar-refractivity contribution in [2.24, 2.45) is 5.41 Å². The third-order valence-corrected chi connectivity index (χ3v) is 5.88. The molecule has 0 aromatic rings. The van der Waals surface area contributed by atoms with E-state index in [1.807, 2.05) is 13.0 Å². The molecule has 3 aliphatic rings. The highest BCUT2D eigenvalue weighted by atomic mass is 19.1. The van der Waals surface area contributed by atoms with Crippen LogP contribution in [0, 0.1) is 16.7 Å². The Hall–Kier alpha value is -1.68. The van der Waals surface area contributed by atoms with Crippen LogP contribution in [0.3, 0.4) is 0 Å². The van der Waals surface area contributed by atoms with Crippen LogP contribution in [0.25, 0.3) is 0 Å². The van der Waals surface area contributed by atoms with Crippen LogP contribution < -0.4 is 5.32 Å². The normalized spacial score (nSPS) is 37.5. The molecule has 1 saturated heterocycles. The molecule has 2 atom stereocenters. The number of amides is 1. The average Bonchev–Trinajstić information content (AvgIpc) is 3.25. The van der Waals surface area contributed by atoms with Crippen molar-refractivity contribution in [2.75, 3.05) is 19.7 Å². The first-order valence-electron chi connectivity index (χ1n) is 8.69. The first kappa shape index (κ1) is 17.2. The van der Waals surface area contributed by atoms with Crippen LogP contribution in [0.15, 0.2) is 0 Å². The summed E-state index contributed by atoms with van der Waals surface area (Å²) in [7, 11) is 0. The van der Waals surface area contributed by atoms with Gasteiger partial charge < -0.3 is 15.0 Å². The monoisotopic (exact) mass is 337 g/mol. The van der Waals surface area contributed by atoms with E-state index < -0.39 is 17.6 Å². The average molecular weight is 337 g/mol. The smallest absolute Gasteiger partial charge is 0.312 e. The van der Waals surface area contributed by atoms with Crippen LogP contribution in [0.4, 0.5) is 4.39 Å². The molecule has 2 aliphatic carbocycles. The van der Waals surface area contributed by atoms with Crippen molar-refractivity contribution in [1.82, 2.24) is 10.2 Å². The predicted molar refractivity (Wildman–Crippen MR) is 83.5 cm³/mol. The number of carbonyl (C=O) groups excluding carboxylic acids is 2. The van der Waals surface area contributed by atoms with Gasteiger partial charge >= 0.3 is 5.97 Å². The number of fused-ring (bicyclic) bond motifs is 2. The Bertz CT molecular complexity index is 566. The van der Waals surface area contributed by atoms with Gasteiger partial charge in [-0.05, 0) is 39.0 Å². The number of halogens is 1. The Balaban J connectivity index is 1.57. The van der Waals surface area contributed by atoms with Crippen molar-refractivity contribution in [3.63, 3.8) is 0 Å². The van der Waals surface area contributed by atoms with Gasteiger partial charge in [-0.2, -0.15) is 5.26 Å². The van der Waals surface area contributed by atoms with Crippen molar-refractivity contribution >= 4 is 11.9 Å². The van der Waals surface area contributed by atoms with Gasteiger partial charge in [-0.3, -0.25) is 9.59 Å². The molecule has 1 aliphatic heterocycles. The fraction of sp³-hybridized carbons (Fsp3) is 0.824. The fourth-order valence-corrected chi connectivity index (χ4v) is 4.56. The van der Waals surface area contributed by atoms with Crippen molar-refractivity contribution < 1.29 is 18.7 Å². The number of nitrogens with one attached hydrogen (secondary N) is 1. The Morgan fingerprint density at radius 3 is 2.71 bits per heavy atom. The van der Waals surface area contributed by atoms with E-state index in [2.05, 4.69) is 5.32 Å². The summed E-state index contributed by atoms with van der Waals surface area (Å²) >= 11 is 0. The van der Waals surface area contributed by atoms with Gasteiger partial charge in [0.2, 0.25) is 5.91 Å². The topological polar surface area (TPSA) is 82.4 Å². The minimum absolute atomic E-state index is 0.00148. The zero-order valence-corrected chi connectivity index (χ0v) is 14.0. The second-order valence-electron chi connectivity index (χ2n) is 7.34. The number of esters is 1. The summed E-state index contributed by atoms with van der Waals surface area (Å²) in [4.78, 5) is 25.9. The first-order chi connectivity index (χ1) is 11.4. The first-order valence-corrected chi connectivity index (χ1v) is 8.69. The van der Waals surface area contributed by atoms with E-state index >= 15 is 0 Å². The lowest BCUT2D eigenvalue weighted by Gasteiger charge is -2.29. The largest absolute Gasteiger partial charge is 0.466 e. The lowest BCUT2D eigenvalue weighted by Crippen LogP contribution is -2.48. The molecule has 3 rings (SSSR count). The second-order valence-corrected chi connectivity index (χ2v) is 7.34. The molecule has 1 N–H and O–H groups in total. The number of rotatable bonds is 5. The predicted octanol–water partition coefficient (Wildman–Crippen LogP) is 1.30. The van der Waals surface area contributed by atoms with Crippen LogP contribution in [0.2, 0.25) is 0 Å². The number of nitrogens with zero attached hydrogens (tertiary/aromatic N) is 2. The SMILES string of the molecule is CCOC(=O)C12CCC(NCC(=O)N3CC(F)CC3C#N)(CC1)C2. The van der Waals surface area contributed by atoms with Gasteiger partial charge in [-0.1, -0.05) is 0 Å². The fourth-order valence-electron chi connectivity index (χ4n) is 4.56. The highest BCUT2D eigenvalue weighted by molar-refractivity contribution is 5.80. The van der Waals surface area contributed by atoms with E-state index in [-0.39, 0.29) is 36.9 Å². The quantitative estimate of drug-likeness (QED) is 0.765. The van der Waals surface area contributed by atoms with Crippen molar-refractivity contribution in [3.8, 4) is 6.07 Å². The van der Waals surface area contributed by atoms with Crippen LogP contribution in [0.1, 0.15) is 45.4 Å². The molecule has 1 heterocycles. The molecule has 0 aromatic heterocycles. The Labute approximate surface area is 141 Å². The van der Waals surface area contributed by atoms with E-state index in [1.54, 1.807) is 0 Å². The summed E-state index contributed by atoms with van der Waals surface area (Å²) < 4.78 is 18.7. The Morgan fingerprint density at radius 1 is 1.38 bits per heavy atom. The molecule has 0 radical (unpaired) electrons. The van der Waals surface area contributed by atoms with Crippen LogP contribution in [-0.4, -0.2) is 54.2 Å². The lowest BCUT2D eigenvalue weighted by atomic mass is 9.84. The van der Waals surface area contributed by atoms with Gasteiger partial charge in [0.05, 0.1) is 31.2 Å². The van der Waals surface area contributed by atoms with E-state index in [1.165, 1.54) is 4.90 Å². The second kappa shape index (κ2) is 6.32. The van der Waals surface area contributed by atoms with Gasteiger partial charge in [0, 0.05) is 12.0 Å². The van der Waals surface area contributed by atoms with Crippen molar-refractivity contribution in [2.45, 2.75) is 63.2 Å². The summed E-state index contributed by atoms with van der Waals surface area (Å²) in [5.74, 6) is -0.363. The van der Waals surface area contributed by atoms with E-state index in [9.17, 15) is 14.0 Å². The molecule has 0 aromatic carbocycles. The molecular weight excluding hydrogens is 313 g/mol. The number of carbonyl (C=O) groups is 2. The maximum atomic E-state index is 13.5. The summed E-state index contributed by atoms with van der Waals surface area (Å²) in [5.41, 5.74) is -0.613. The van der Waals surface area contributed by atoms with Gasteiger partial charge in [0.25, 0.3) is 0 Å². The molecule has 24 heavy (non-hydrogen) atoms. The number of hydrogen-bond acceptors (Lipinski definition) is 5. The molecule has 2 saturated carbocycles. The summed E-state index contributed by atoms with van der Waals surface area (Å²) in [6.45, 7) is 2.28. The molecule has 2 unspecified atom stereocenters. The van der Waals surface area contributed by atoms with Gasteiger partial charge in [0.15, 0.2) is 0 Å². The van der Waals surface area contributed by atoms with Crippen molar-refractivity contribution in [1.29, 1.82) is 5.26 Å². The lowest BCUT2D eigenvalue weighted by molar-refractivity contribution is -0.154. The number of ether oxygens (including phenoxy) is 1. The van der Waals surface area contributed by atoms with E-state index in [4.69, 9.17) is 10.00 Å². The van der Waals surface area contributed by atoms with Crippen molar-refractivity contribution in [3.05, 3.63) is 0 Å². The van der Waals surface area contributed by atoms with E-state index in [0.29, 0.717) is 13.0 Å². The zero-order chi connectivity index (χ0) is 17.4. The molecule has 0 spiro atoms. The number of likely N-dealkylation sites (tertiary alicyclic amines) is 1. The molecule has 1 amide bonds.